The number of benzene rings is 2. The van der Waals surface area contributed by atoms with Crippen molar-refractivity contribution in [2.24, 2.45) is 0 Å². The number of carbonyl (C=O) groups is 1. The lowest BCUT2D eigenvalue weighted by atomic mass is 10.0. The Bertz CT molecular complexity index is 645. The molecule has 0 saturated carbocycles. The Balaban J connectivity index is 2.12. The van der Waals surface area contributed by atoms with Gasteiger partial charge in [0.2, 0.25) is 0 Å². The lowest BCUT2D eigenvalue weighted by molar-refractivity contribution is 0.151. The highest BCUT2D eigenvalue weighted by Gasteiger charge is 2.14. The summed E-state index contributed by atoms with van der Waals surface area (Å²) in [6, 6.07) is 11.6. The number of hydrogen-bond acceptors (Lipinski definition) is 3. The minimum Gasteiger partial charge on any atom is -0.394 e. The van der Waals surface area contributed by atoms with Crippen molar-refractivity contribution in [2.75, 3.05) is 0 Å². The Morgan fingerprint density at radius 3 is 1.58 bits per heavy atom. The molecule has 0 aromatic heterocycles. The molecule has 0 fully saturated rings. The van der Waals surface area contributed by atoms with Crippen molar-refractivity contribution in [1.29, 1.82) is 0 Å². The highest BCUT2D eigenvalue weighted by Crippen LogP contribution is 2.25. The quantitative estimate of drug-likeness (QED) is 0.498. The van der Waals surface area contributed by atoms with Gasteiger partial charge in [0.25, 0.3) is 0 Å². The molecule has 3 nitrogen and oxygen atoms in total. The molecule has 3 heteroatoms. The molecule has 2 aromatic carbocycles. The predicted octanol–water partition coefficient (Wildman–Crippen LogP) is 5.79. The van der Waals surface area contributed by atoms with Gasteiger partial charge in [-0.15, -0.1) is 0 Å². The monoisotopic (exact) mass is 326 g/mol. The second-order valence-electron chi connectivity index (χ2n) is 6.03. The minimum atomic E-state index is -0.691. The van der Waals surface area contributed by atoms with Crippen molar-refractivity contribution in [2.45, 2.75) is 53.4 Å². The van der Waals surface area contributed by atoms with Gasteiger partial charge in [-0.1, -0.05) is 51.0 Å². The number of rotatable bonds is 6. The molecule has 0 amide bonds. The van der Waals surface area contributed by atoms with Gasteiger partial charge >= 0.3 is 6.16 Å². The molecule has 0 saturated heterocycles. The van der Waals surface area contributed by atoms with E-state index in [1.54, 1.807) is 12.1 Å². The first-order valence-electron chi connectivity index (χ1n) is 8.63. The van der Waals surface area contributed by atoms with E-state index in [0.29, 0.717) is 11.5 Å². The molecule has 0 aliphatic rings. The molecule has 128 valence electrons. The second-order valence-corrected chi connectivity index (χ2v) is 6.03. The van der Waals surface area contributed by atoms with E-state index in [1.165, 1.54) is 11.1 Å². The van der Waals surface area contributed by atoms with Gasteiger partial charge in [0.1, 0.15) is 11.5 Å². The molecule has 0 N–H and O–H groups in total. The summed E-state index contributed by atoms with van der Waals surface area (Å²) >= 11 is 0. The largest absolute Gasteiger partial charge is 0.519 e. The normalized spacial score (nSPS) is 10.5. The fourth-order valence-electron chi connectivity index (χ4n) is 2.82. The molecule has 2 aromatic rings. The van der Waals surface area contributed by atoms with Crippen LogP contribution in [-0.2, 0) is 12.8 Å². The third-order valence-electron chi connectivity index (χ3n) is 4.22. The van der Waals surface area contributed by atoms with Crippen LogP contribution in [0.4, 0.5) is 4.79 Å². The third kappa shape index (κ3) is 4.38. The summed E-state index contributed by atoms with van der Waals surface area (Å²) in [6.45, 7) is 8.21. The van der Waals surface area contributed by atoms with Crippen molar-refractivity contribution in [3.05, 3.63) is 58.7 Å². The standard InChI is InChI=1S/C21H26O3/c1-5-9-17-11-7-13-19(15(17)3)23-21(22)24-20-14-8-12-18(10-6-2)16(20)4/h7-8,11-14H,5-6,9-10H2,1-4H3. The van der Waals surface area contributed by atoms with Crippen LogP contribution in [0, 0.1) is 13.8 Å². The Labute approximate surface area is 144 Å². The van der Waals surface area contributed by atoms with E-state index in [0.717, 1.165) is 36.8 Å². The molecule has 0 atom stereocenters. The van der Waals surface area contributed by atoms with Gasteiger partial charge in [-0.25, -0.2) is 4.79 Å². The van der Waals surface area contributed by atoms with E-state index < -0.39 is 6.16 Å². The second kappa shape index (κ2) is 8.53. The van der Waals surface area contributed by atoms with Crippen molar-refractivity contribution in [3.8, 4) is 11.5 Å². The van der Waals surface area contributed by atoms with Crippen LogP contribution in [0.25, 0.3) is 0 Å². The van der Waals surface area contributed by atoms with Crippen LogP contribution in [0.15, 0.2) is 36.4 Å². The zero-order valence-corrected chi connectivity index (χ0v) is 15.0. The molecule has 24 heavy (non-hydrogen) atoms. The summed E-state index contributed by atoms with van der Waals surface area (Å²) in [5.41, 5.74) is 4.38. The van der Waals surface area contributed by atoms with Crippen molar-refractivity contribution in [1.82, 2.24) is 0 Å². The summed E-state index contributed by atoms with van der Waals surface area (Å²) in [7, 11) is 0. The molecular weight excluding hydrogens is 300 g/mol. The maximum Gasteiger partial charge on any atom is 0.519 e. The maximum absolute atomic E-state index is 12.2. The number of hydrogen-bond donors (Lipinski definition) is 0. The fourth-order valence-corrected chi connectivity index (χ4v) is 2.82. The molecule has 2 rings (SSSR count). The molecule has 0 unspecified atom stereocenters. The zero-order valence-electron chi connectivity index (χ0n) is 15.0. The van der Waals surface area contributed by atoms with E-state index >= 15 is 0 Å². The van der Waals surface area contributed by atoms with Gasteiger partial charge in [-0.2, -0.15) is 0 Å². The smallest absolute Gasteiger partial charge is 0.394 e. The van der Waals surface area contributed by atoms with Gasteiger partial charge < -0.3 is 9.47 Å². The highest BCUT2D eigenvalue weighted by atomic mass is 16.7. The number of ether oxygens (including phenoxy) is 2. The third-order valence-corrected chi connectivity index (χ3v) is 4.22. The lowest BCUT2D eigenvalue weighted by Crippen LogP contribution is -2.15. The van der Waals surface area contributed by atoms with Gasteiger partial charge in [-0.3, -0.25) is 0 Å². The highest BCUT2D eigenvalue weighted by molar-refractivity contribution is 5.68. The van der Waals surface area contributed by atoms with Crippen LogP contribution >= 0.6 is 0 Å². The van der Waals surface area contributed by atoms with Crippen LogP contribution < -0.4 is 9.47 Å². The lowest BCUT2D eigenvalue weighted by Gasteiger charge is -2.13. The van der Waals surface area contributed by atoms with E-state index in [1.807, 2.05) is 26.0 Å². The first-order chi connectivity index (χ1) is 11.6. The number of carbonyl (C=O) groups excluding carboxylic acids is 1. The Hall–Kier alpha value is -2.29. The summed E-state index contributed by atoms with van der Waals surface area (Å²) in [5.74, 6) is 1.13. The summed E-state index contributed by atoms with van der Waals surface area (Å²) in [5, 5.41) is 0. The number of aryl methyl sites for hydroxylation is 2. The average molecular weight is 326 g/mol. The molecule has 0 spiro atoms. The van der Waals surface area contributed by atoms with Gasteiger partial charge in [0.15, 0.2) is 0 Å². The molecule has 0 aliphatic heterocycles. The van der Waals surface area contributed by atoms with Gasteiger partial charge in [-0.05, 0) is 61.1 Å². The first-order valence-corrected chi connectivity index (χ1v) is 8.63. The van der Waals surface area contributed by atoms with Crippen LogP contribution in [0.5, 0.6) is 11.5 Å². The average Bonchev–Trinajstić information content (AvgIpc) is 2.55. The SMILES string of the molecule is CCCc1cccc(OC(=O)Oc2cccc(CCC)c2C)c1C. The van der Waals surface area contributed by atoms with Gasteiger partial charge in [0, 0.05) is 0 Å². The van der Waals surface area contributed by atoms with E-state index in [2.05, 4.69) is 26.0 Å². The summed E-state index contributed by atoms with van der Waals surface area (Å²) in [4.78, 5) is 12.2. The minimum absolute atomic E-state index is 0.563. The zero-order chi connectivity index (χ0) is 17.5. The topological polar surface area (TPSA) is 35.5 Å². The predicted molar refractivity (Wildman–Crippen MR) is 97.0 cm³/mol. The summed E-state index contributed by atoms with van der Waals surface area (Å²) in [6.07, 6.45) is 3.35. The van der Waals surface area contributed by atoms with Crippen LogP contribution in [0.1, 0.15) is 48.9 Å². The van der Waals surface area contributed by atoms with Crippen molar-refractivity contribution >= 4 is 6.16 Å². The Kier molecular flexibility index (Phi) is 6.42. The van der Waals surface area contributed by atoms with Crippen LogP contribution in [0.2, 0.25) is 0 Å². The van der Waals surface area contributed by atoms with Gasteiger partial charge in [0.05, 0.1) is 0 Å². The molecule has 0 bridgehead atoms. The van der Waals surface area contributed by atoms with E-state index in [9.17, 15) is 4.79 Å². The van der Waals surface area contributed by atoms with Crippen molar-refractivity contribution < 1.29 is 14.3 Å². The summed E-state index contributed by atoms with van der Waals surface area (Å²) < 4.78 is 10.9. The molecule has 0 aliphatic carbocycles. The van der Waals surface area contributed by atoms with Crippen LogP contribution in [-0.4, -0.2) is 6.16 Å². The molecule has 0 heterocycles. The Morgan fingerprint density at radius 2 is 1.21 bits per heavy atom. The molecular formula is C21H26O3. The molecule has 0 radical (unpaired) electrons. The van der Waals surface area contributed by atoms with Crippen LogP contribution in [0.3, 0.4) is 0 Å². The fraction of sp³-hybridized carbons (Fsp3) is 0.381. The Morgan fingerprint density at radius 1 is 0.792 bits per heavy atom. The first kappa shape index (κ1) is 18.1. The van der Waals surface area contributed by atoms with Crippen molar-refractivity contribution in [3.63, 3.8) is 0 Å². The van der Waals surface area contributed by atoms with E-state index in [-0.39, 0.29) is 0 Å². The van der Waals surface area contributed by atoms with E-state index in [4.69, 9.17) is 9.47 Å². The maximum atomic E-state index is 12.2.